The van der Waals surface area contributed by atoms with Crippen molar-refractivity contribution in [3.63, 3.8) is 0 Å². The molecular formula is C18H20F3N5O3. The third-order valence-corrected chi connectivity index (χ3v) is 4.51. The fourth-order valence-electron chi connectivity index (χ4n) is 2.97. The molecule has 156 valence electrons. The summed E-state index contributed by atoms with van der Waals surface area (Å²) < 4.78 is 43.8. The number of carbonyl (C=O) groups excluding carboxylic acids is 1. The number of nitrogens with one attached hydrogen (secondary N) is 1. The van der Waals surface area contributed by atoms with E-state index in [4.69, 9.17) is 4.74 Å². The second-order valence-electron chi connectivity index (χ2n) is 6.64. The first-order valence-electron chi connectivity index (χ1n) is 8.88. The van der Waals surface area contributed by atoms with Crippen molar-refractivity contribution in [2.75, 3.05) is 31.6 Å². The highest BCUT2D eigenvalue weighted by atomic mass is 19.4. The summed E-state index contributed by atoms with van der Waals surface area (Å²) >= 11 is 0. The quantitative estimate of drug-likeness (QED) is 0.796. The maximum absolute atomic E-state index is 12.7. The number of alkyl halides is 3. The van der Waals surface area contributed by atoms with E-state index in [2.05, 4.69) is 20.5 Å². The minimum Gasteiger partial charge on any atom is -0.507 e. The molecule has 1 amide bonds. The number of ether oxygens (including phenoxy) is 1. The van der Waals surface area contributed by atoms with E-state index < -0.39 is 17.5 Å². The molecule has 2 heterocycles. The Morgan fingerprint density at radius 1 is 1.38 bits per heavy atom. The number of hydrogen-bond acceptors (Lipinski definition) is 7. The summed E-state index contributed by atoms with van der Waals surface area (Å²) in [6.45, 7) is 4.91. The van der Waals surface area contributed by atoms with E-state index in [-0.39, 0.29) is 29.2 Å². The molecule has 0 radical (unpaired) electrons. The number of aromatic nitrogens is 3. The molecular weight excluding hydrogens is 391 g/mol. The third kappa shape index (κ3) is 4.91. The van der Waals surface area contributed by atoms with E-state index >= 15 is 0 Å². The Labute approximate surface area is 164 Å². The number of aryl methyl sites for hydroxylation is 1. The van der Waals surface area contributed by atoms with E-state index in [1.165, 1.54) is 6.92 Å². The van der Waals surface area contributed by atoms with Gasteiger partial charge in [0.05, 0.1) is 24.0 Å². The lowest BCUT2D eigenvalue weighted by Gasteiger charge is -2.32. The molecule has 1 fully saturated rings. The Morgan fingerprint density at radius 2 is 2.14 bits per heavy atom. The standard InChI is InChI=1S/C18H20F3N5O3/c1-10-16(14-4-3-12(7-15(14)28)18(19,20)21)24-25-17(23-10)22-8-13-9-26(11(2)27)5-6-29-13/h3-4,7,13,28H,5-6,8-9H2,1-2H3,(H,22,23,25)/t13-/m0/s1. The van der Waals surface area contributed by atoms with Crippen LogP contribution in [0.5, 0.6) is 5.75 Å². The molecule has 1 saturated heterocycles. The van der Waals surface area contributed by atoms with Crippen LogP contribution in [0, 0.1) is 6.92 Å². The van der Waals surface area contributed by atoms with Gasteiger partial charge in [-0.15, -0.1) is 10.2 Å². The van der Waals surface area contributed by atoms with Crippen LogP contribution in [0.25, 0.3) is 11.3 Å². The minimum atomic E-state index is -4.55. The molecule has 0 unspecified atom stereocenters. The smallest absolute Gasteiger partial charge is 0.416 e. The number of hydrogen-bond donors (Lipinski definition) is 2. The van der Waals surface area contributed by atoms with Gasteiger partial charge in [0, 0.05) is 32.1 Å². The maximum atomic E-state index is 12.7. The number of aromatic hydroxyl groups is 1. The monoisotopic (exact) mass is 411 g/mol. The number of rotatable bonds is 4. The number of nitrogens with zero attached hydrogens (tertiary/aromatic N) is 4. The number of amides is 1. The zero-order chi connectivity index (χ0) is 21.2. The summed E-state index contributed by atoms with van der Waals surface area (Å²) in [7, 11) is 0. The van der Waals surface area contributed by atoms with Crippen molar-refractivity contribution < 1.29 is 27.8 Å². The Morgan fingerprint density at radius 3 is 2.76 bits per heavy atom. The Kier molecular flexibility index (Phi) is 5.87. The lowest BCUT2D eigenvalue weighted by atomic mass is 10.1. The molecule has 11 heteroatoms. The Bertz CT molecular complexity index is 907. The van der Waals surface area contributed by atoms with Crippen LogP contribution in [0.1, 0.15) is 18.2 Å². The highest BCUT2D eigenvalue weighted by molar-refractivity contribution is 5.73. The maximum Gasteiger partial charge on any atom is 0.416 e. The largest absolute Gasteiger partial charge is 0.507 e. The predicted molar refractivity (Wildman–Crippen MR) is 97.2 cm³/mol. The van der Waals surface area contributed by atoms with E-state index in [0.29, 0.717) is 38.0 Å². The van der Waals surface area contributed by atoms with Gasteiger partial charge in [-0.1, -0.05) is 0 Å². The van der Waals surface area contributed by atoms with Crippen molar-refractivity contribution in [1.29, 1.82) is 0 Å². The number of phenolic OH excluding ortho intramolecular Hbond substituents is 1. The summed E-state index contributed by atoms with van der Waals surface area (Å²) in [6, 6.07) is 2.64. The minimum absolute atomic E-state index is 0.0206. The Hall–Kier alpha value is -2.95. The summed E-state index contributed by atoms with van der Waals surface area (Å²) in [5.41, 5.74) is -0.289. The SMILES string of the molecule is CC(=O)N1CCO[C@@H](CNc2nnc(-c3ccc(C(F)(F)F)cc3O)c(C)n2)C1. The summed E-state index contributed by atoms with van der Waals surface area (Å²) in [5, 5.41) is 20.9. The normalized spacial score (nSPS) is 17.3. The number of morpholine rings is 1. The van der Waals surface area contributed by atoms with Crippen LogP contribution in [-0.4, -0.2) is 63.4 Å². The number of halogens is 3. The molecule has 1 aromatic heterocycles. The van der Waals surface area contributed by atoms with Gasteiger partial charge in [0.2, 0.25) is 11.9 Å². The number of phenols is 1. The lowest BCUT2D eigenvalue weighted by Crippen LogP contribution is -2.47. The first kappa shape index (κ1) is 20.8. The summed E-state index contributed by atoms with van der Waals surface area (Å²) in [4.78, 5) is 17.4. The van der Waals surface area contributed by atoms with E-state index in [9.17, 15) is 23.1 Å². The van der Waals surface area contributed by atoms with Crippen LogP contribution < -0.4 is 5.32 Å². The molecule has 1 aromatic carbocycles. The number of anilines is 1. The average Bonchev–Trinajstić information content (AvgIpc) is 2.66. The molecule has 0 aliphatic carbocycles. The lowest BCUT2D eigenvalue weighted by molar-refractivity contribution is -0.137. The molecule has 1 aliphatic rings. The third-order valence-electron chi connectivity index (χ3n) is 4.51. The molecule has 8 nitrogen and oxygen atoms in total. The molecule has 0 spiro atoms. The van der Waals surface area contributed by atoms with Gasteiger partial charge in [-0.2, -0.15) is 13.2 Å². The molecule has 29 heavy (non-hydrogen) atoms. The molecule has 0 bridgehead atoms. The zero-order valence-corrected chi connectivity index (χ0v) is 15.8. The predicted octanol–water partition coefficient (Wildman–Crippen LogP) is 2.23. The summed E-state index contributed by atoms with van der Waals surface area (Å²) in [5.74, 6) is -0.367. The van der Waals surface area contributed by atoms with Gasteiger partial charge in [-0.25, -0.2) is 4.98 Å². The van der Waals surface area contributed by atoms with Gasteiger partial charge in [0.1, 0.15) is 11.4 Å². The van der Waals surface area contributed by atoms with Gasteiger partial charge in [0.25, 0.3) is 0 Å². The average molecular weight is 411 g/mol. The molecule has 1 atom stereocenters. The highest BCUT2D eigenvalue weighted by Gasteiger charge is 2.31. The fourth-order valence-corrected chi connectivity index (χ4v) is 2.97. The van der Waals surface area contributed by atoms with E-state index in [1.807, 2.05) is 0 Å². The number of carbonyl (C=O) groups is 1. The van der Waals surface area contributed by atoms with Gasteiger partial charge < -0.3 is 20.1 Å². The van der Waals surface area contributed by atoms with Crippen molar-refractivity contribution in [2.24, 2.45) is 0 Å². The van der Waals surface area contributed by atoms with Crippen molar-refractivity contribution in [2.45, 2.75) is 26.1 Å². The van der Waals surface area contributed by atoms with Gasteiger partial charge in [-0.05, 0) is 25.1 Å². The van der Waals surface area contributed by atoms with Gasteiger partial charge in [0.15, 0.2) is 0 Å². The second-order valence-corrected chi connectivity index (χ2v) is 6.64. The topological polar surface area (TPSA) is 100 Å². The molecule has 3 rings (SSSR count). The number of benzene rings is 1. The van der Waals surface area contributed by atoms with Gasteiger partial charge >= 0.3 is 6.18 Å². The molecule has 1 aliphatic heterocycles. The van der Waals surface area contributed by atoms with E-state index in [1.54, 1.807) is 11.8 Å². The Balaban J connectivity index is 1.70. The second kappa shape index (κ2) is 8.19. The zero-order valence-electron chi connectivity index (χ0n) is 15.8. The van der Waals surface area contributed by atoms with Crippen molar-refractivity contribution in [1.82, 2.24) is 20.1 Å². The van der Waals surface area contributed by atoms with E-state index in [0.717, 1.165) is 12.1 Å². The molecule has 2 aromatic rings. The molecule has 2 N–H and O–H groups in total. The van der Waals surface area contributed by atoms with Crippen molar-refractivity contribution in [3.8, 4) is 17.0 Å². The molecule has 0 saturated carbocycles. The van der Waals surface area contributed by atoms with Crippen LogP contribution in [0.3, 0.4) is 0 Å². The fraction of sp³-hybridized carbons (Fsp3) is 0.444. The van der Waals surface area contributed by atoms with Crippen LogP contribution in [0.2, 0.25) is 0 Å². The first-order valence-corrected chi connectivity index (χ1v) is 8.88. The highest BCUT2D eigenvalue weighted by Crippen LogP contribution is 2.36. The van der Waals surface area contributed by atoms with Crippen LogP contribution in [0.4, 0.5) is 19.1 Å². The summed E-state index contributed by atoms with van der Waals surface area (Å²) in [6.07, 6.45) is -4.78. The van der Waals surface area contributed by atoms with Crippen LogP contribution in [-0.2, 0) is 15.7 Å². The van der Waals surface area contributed by atoms with Crippen molar-refractivity contribution >= 4 is 11.9 Å². The van der Waals surface area contributed by atoms with Gasteiger partial charge in [-0.3, -0.25) is 4.79 Å². The van der Waals surface area contributed by atoms with Crippen LogP contribution in [0.15, 0.2) is 18.2 Å². The van der Waals surface area contributed by atoms with Crippen LogP contribution >= 0.6 is 0 Å². The van der Waals surface area contributed by atoms with Crippen molar-refractivity contribution in [3.05, 3.63) is 29.5 Å². The first-order chi connectivity index (χ1) is 13.6.